The molecule has 0 N–H and O–H groups in total. The van der Waals surface area contributed by atoms with Crippen molar-refractivity contribution >= 4 is 5.78 Å². The standard InChI is InChI=1S/C12H16O4/c1-12(15-5-6-16-12)10-4-3-9(8-14-2)7-11(10)13/h4,8H,3,5-7H2,1-2H3/b9-8+. The fraction of sp³-hybridized carbons (Fsp3) is 0.583. The molecule has 2 rings (SSSR count). The third kappa shape index (κ3) is 2.03. The van der Waals surface area contributed by atoms with E-state index >= 15 is 0 Å². The van der Waals surface area contributed by atoms with E-state index in [4.69, 9.17) is 14.2 Å². The Kier molecular flexibility index (Phi) is 3.12. The Morgan fingerprint density at radius 1 is 1.44 bits per heavy atom. The SMILES string of the molecule is CO/C=C1\CC=C(C2(C)OCCO2)C(=O)C1. The van der Waals surface area contributed by atoms with Crippen LogP contribution in [-0.2, 0) is 19.0 Å². The molecule has 4 nitrogen and oxygen atoms in total. The Bertz CT molecular complexity index is 348. The van der Waals surface area contributed by atoms with Gasteiger partial charge in [-0.1, -0.05) is 6.08 Å². The molecule has 0 spiro atoms. The second kappa shape index (κ2) is 4.39. The van der Waals surface area contributed by atoms with E-state index in [1.807, 2.05) is 6.08 Å². The van der Waals surface area contributed by atoms with Gasteiger partial charge in [0.2, 0.25) is 0 Å². The molecule has 0 bridgehead atoms. The van der Waals surface area contributed by atoms with Gasteiger partial charge in [-0.25, -0.2) is 0 Å². The smallest absolute Gasteiger partial charge is 0.195 e. The Morgan fingerprint density at radius 2 is 2.12 bits per heavy atom. The molecule has 1 aliphatic carbocycles. The minimum atomic E-state index is -0.838. The fourth-order valence-electron chi connectivity index (χ4n) is 2.09. The monoisotopic (exact) mass is 224 g/mol. The maximum absolute atomic E-state index is 11.9. The van der Waals surface area contributed by atoms with Gasteiger partial charge in [0.15, 0.2) is 11.6 Å². The zero-order chi connectivity index (χ0) is 11.6. The van der Waals surface area contributed by atoms with Gasteiger partial charge in [0.1, 0.15) is 0 Å². The minimum absolute atomic E-state index is 0.0546. The Hall–Kier alpha value is -1.13. The summed E-state index contributed by atoms with van der Waals surface area (Å²) < 4.78 is 15.9. The highest BCUT2D eigenvalue weighted by Gasteiger charge is 2.39. The first-order chi connectivity index (χ1) is 7.65. The van der Waals surface area contributed by atoms with Crippen LogP contribution < -0.4 is 0 Å². The number of methoxy groups -OCH3 is 1. The molecule has 1 heterocycles. The van der Waals surface area contributed by atoms with Crippen LogP contribution in [0.3, 0.4) is 0 Å². The molecular formula is C12H16O4. The topological polar surface area (TPSA) is 44.8 Å². The Morgan fingerprint density at radius 3 is 2.69 bits per heavy atom. The van der Waals surface area contributed by atoms with Crippen LogP contribution in [0.15, 0.2) is 23.5 Å². The average molecular weight is 224 g/mol. The summed E-state index contributed by atoms with van der Waals surface area (Å²) in [6, 6.07) is 0. The Balaban J connectivity index is 2.18. The molecule has 4 heteroatoms. The first-order valence-electron chi connectivity index (χ1n) is 5.38. The molecule has 0 aromatic carbocycles. The molecule has 0 radical (unpaired) electrons. The number of hydrogen-bond donors (Lipinski definition) is 0. The molecule has 1 saturated heterocycles. The second-order valence-corrected chi connectivity index (χ2v) is 4.08. The van der Waals surface area contributed by atoms with Gasteiger partial charge in [-0.3, -0.25) is 4.79 Å². The van der Waals surface area contributed by atoms with E-state index in [0.717, 1.165) is 12.0 Å². The summed E-state index contributed by atoms with van der Waals surface area (Å²) in [6.07, 6.45) is 4.62. The zero-order valence-electron chi connectivity index (χ0n) is 9.62. The lowest BCUT2D eigenvalue weighted by molar-refractivity contribution is -0.133. The van der Waals surface area contributed by atoms with Crippen molar-refractivity contribution in [3.63, 3.8) is 0 Å². The predicted octanol–water partition coefficient (Wildman–Crippen LogP) is 1.57. The van der Waals surface area contributed by atoms with Gasteiger partial charge in [0, 0.05) is 6.42 Å². The van der Waals surface area contributed by atoms with Gasteiger partial charge in [0.05, 0.1) is 32.2 Å². The highest BCUT2D eigenvalue weighted by molar-refractivity contribution is 5.99. The molecule has 0 saturated carbocycles. The zero-order valence-corrected chi connectivity index (χ0v) is 9.62. The number of ketones is 1. The minimum Gasteiger partial charge on any atom is -0.504 e. The lowest BCUT2D eigenvalue weighted by atomic mass is 9.90. The summed E-state index contributed by atoms with van der Waals surface area (Å²) in [5.74, 6) is -0.783. The van der Waals surface area contributed by atoms with Crippen LogP contribution >= 0.6 is 0 Å². The van der Waals surface area contributed by atoms with Crippen LogP contribution in [0.5, 0.6) is 0 Å². The highest BCUT2D eigenvalue weighted by Crippen LogP contribution is 2.33. The molecule has 88 valence electrons. The maximum atomic E-state index is 11.9. The largest absolute Gasteiger partial charge is 0.504 e. The van der Waals surface area contributed by atoms with E-state index in [1.54, 1.807) is 20.3 Å². The predicted molar refractivity (Wildman–Crippen MR) is 57.7 cm³/mol. The van der Waals surface area contributed by atoms with Gasteiger partial charge < -0.3 is 14.2 Å². The summed E-state index contributed by atoms with van der Waals surface area (Å²) in [5, 5.41) is 0. The van der Waals surface area contributed by atoms with E-state index < -0.39 is 5.79 Å². The van der Waals surface area contributed by atoms with Crippen LogP contribution in [0.25, 0.3) is 0 Å². The van der Waals surface area contributed by atoms with E-state index in [2.05, 4.69) is 0 Å². The number of carbonyl (C=O) groups excluding carboxylic acids is 1. The molecule has 1 fully saturated rings. The molecule has 16 heavy (non-hydrogen) atoms. The quantitative estimate of drug-likeness (QED) is 0.668. The summed E-state index contributed by atoms with van der Waals surface area (Å²) in [7, 11) is 1.58. The molecule has 0 amide bonds. The second-order valence-electron chi connectivity index (χ2n) is 4.08. The third-order valence-electron chi connectivity index (χ3n) is 2.87. The van der Waals surface area contributed by atoms with Gasteiger partial charge in [-0.05, 0) is 18.9 Å². The number of rotatable bonds is 2. The van der Waals surface area contributed by atoms with E-state index in [1.165, 1.54) is 0 Å². The molecule has 1 aliphatic heterocycles. The van der Waals surface area contributed by atoms with Crippen LogP contribution in [0, 0.1) is 0 Å². The average Bonchev–Trinajstić information content (AvgIpc) is 2.66. The van der Waals surface area contributed by atoms with Crippen LogP contribution in [0.4, 0.5) is 0 Å². The molecule has 0 unspecified atom stereocenters. The molecule has 0 atom stereocenters. The number of hydrogen-bond acceptors (Lipinski definition) is 4. The van der Waals surface area contributed by atoms with Crippen molar-refractivity contribution in [2.24, 2.45) is 0 Å². The lowest BCUT2D eigenvalue weighted by Gasteiger charge is -2.27. The highest BCUT2D eigenvalue weighted by atomic mass is 16.7. The summed E-state index contributed by atoms with van der Waals surface area (Å²) in [5.41, 5.74) is 1.62. The van der Waals surface area contributed by atoms with Gasteiger partial charge in [-0.15, -0.1) is 0 Å². The summed E-state index contributed by atoms with van der Waals surface area (Å²) in [6.45, 7) is 2.89. The van der Waals surface area contributed by atoms with Gasteiger partial charge in [-0.2, -0.15) is 0 Å². The summed E-state index contributed by atoms with van der Waals surface area (Å²) in [4.78, 5) is 11.9. The number of carbonyl (C=O) groups is 1. The molecule has 0 aromatic heterocycles. The van der Waals surface area contributed by atoms with Crippen molar-refractivity contribution in [3.05, 3.63) is 23.5 Å². The van der Waals surface area contributed by atoms with E-state index in [0.29, 0.717) is 25.2 Å². The normalized spacial score (nSPS) is 27.0. The lowest BCUT2D eigenvalue weighted by Crippen LogP contribution is -2.34. The molecule has 0 aromatic rings. The number of allylic oxidation sites excluding steroid dienone is 2. The maximum Gasteiger partial charge on any atom is 0.195 e. The fourth-order valence-corrected chi connectivity index (χ4v) is 2.09. The molecule has 2 aliphatic rings. The van der Waals surface area contributed by atoms with Crippen molar-refractivity contribution in [2.75, 3.05) is 20.3 Å². The van der Waals surface area contributed by atoms with Crippen molar-refractivity contribution < 1.29 is 19.0 Å². The summed E-state index contributed by atoms with van der Waals surface area (Å²) >= 11 is 0. The van der Waals surface area contributed by atoms with Crippen LogP contribution in [0.1, 0.15) is 19.8 Å². The third-order valence-corrected chi connectivity index (χ3v) is 2.87. The van der Waals surface area contributed by atoms with Crippen molar-refractivity contribution in [2.45, 2.75) is 25.6 Å². The van der Waals surface area contributed by atoms with Crippen molar-refractivity contribution in [3.8, 4) is 0 Å². The Labute approximate surface area is 94.9 Å². The van der Waals surface area contributed by atoms with E-state index in [-0.39, 0.29) is 5.78 Å². The van der Waals surface area contributed by atoms with Gasteiger partial charge in [0.25, 0.3) is 0 Å². The van der Waals surface area contributed by atoms with Crippen molar-refractivity contribution in [1.29, 1.82) is 0 Å². The number of ether oxygens (including phenoxy) is 3. The van der Waals surface area contributed by atoms with E-state index in [9.17, 15) is 4.79 Å². The van der Waals surface area contributed by atoms with Crippen LogP contribution in [0.2, 0.25) is 0 Å². The first-order valence-corrected chi connectivity index (χ1v) is 5.38. The van der Waals surface area contributed by atoms with Crippen LogP contribution in [-0.4, -0.2) is 31.9 Å². The van der Waals surface area contributed by atoms with Gasteiger partial charge >= 0.3 is 0 Å². The first kappa shape index (κ1) is 11.4. The molecular weight excluding hydrogens is 208 g/mol. The van der Waals surface area contributed by atoms with Crippen molar-refractivity contribution in [1.82, 2.24) is 0 Å². The number of Topliss-reactive ketones (excluding diaryl/α,β-unsaturated/α-hetero) is 1.